The maximum atomic E-state index is 11.7. The van der Waals surface area contributed by atoms with Gasteiger partial charge in [-0.05, 0) is 34.7 Å². The Morgan fingerprint density at radius 1 is 1.61 bits per heavy atom. The van der Waals surface area contributed by atoms with Crippen molar-refractivity contribution in [3.8, 4) is 0 Å². The zero-order valence-electron chi connectivity index (χ0n) is 9.35. The average molecular weight is 334 g/mol. The minimum atomic E-state index is -0.899. The normalized spacial score (nSPS) is 16.1. The van der Waals surface area contributed by atoms with Crippen LogP contribution in [0.15, 0.2) is 9.98 Å². The summed E-state index contributed by atoms with van der Waals surface area (Å²) >= 11 is 4.54. The molecule has 0 aliphatic heterocycles. The molecule has 8 heteroatoms. The highest BCUT2D eigenvalue weighted by Gasteiger charge is 2.33. The highest BCUT2D eigenvalue weighted by Crippen LogP contribution is 2.34. The Labute approximate surface area is 116 Å². The monoisotopic (exact) mass is 333 g/mol. The zero-order chi connectivity index (χ0) is 13.1. The summed E-state index contributed by atoms with van der Waals surface area (Å²) in [6.45, 7) is 0. The number of aromatic nitrogens is 1. The molecule has 1 atom stereocenters. The molecule has 1 aromatic heterocycles. The van der Waals surface area contributed by atoms with E-state index in [1.807, 2.05) is 0 Å². The van der Waals surface area contributed by atoms with E-state index in [0.29, 0.717) is 5.13 Å². The second-order valence-electron chi connectivity index (χ2n) is 4.11. The molecule has 0 spiro atoms. The molecule has 1 saturated carbocycles. The topological polar surface area (TPSA) is 91.3 Å². The molecular formula is C10H12BrN3O3S. The molecule has 1 aromatic rings. The van der Waals surface area contributed by atoms with Gasteiger partial charge in [-0.25, -0.2) is 9.78 Å². The van der Waals surface area contributed by atoms with E-state index in [1.165, 1.54) is 11.3 Å². The summed E-state index contributed by atoms with van der Waals surface area (Å²) in [6.07, 6.45) is 3.50. The van der Waals surface area contributed by atoms with E-state index < -0.39 is 12.0 Å². The summed E-state index contributed by atoms with van der Waals surface area (Å²) in [4.78, 5) is 26.3. The van der Waals surface area contributed by atoms with Crippen molar-refractivity contribution in [2.75, 3.05) is 5.32 Å². The van der Waals surface area contributed by atoms with Gasteiger partial charge in [-0.1, -0.05) is 11.3 Å². The van der Waals surface area contributed by atoms with Gasteiger partial charge in [-0.3, -0.25) is 10.1 Å². The van der Waals surface area contributed by atoms with Crippen LogP contribution in [0.2, 0.25) is 0 Å². The van der Waals surface area contributed by atoms with E-state index in [4.69, 9.17) is 5.11 Å². The van der Waals surface area contributed by atoms with Crippen molar-refractivity contribution >= 4 is 44.4 Å². The number of carbonyl (C=O) groups excluding carboxylic acids is 1. The van der Waals surface area contributed by atoms with Gasteiger partial charge in [0.2, 0.25) is 0 Å². The van der Waals surface area contributed by atoms with Gasteiger partial charge in [0.1, 0.15) is 0 Å². The number of hydrogen-bond acceptors (Lipinski definition) is 4. The molecule has 6 nitrogen and oxygen atoms in total. The van der Waals surface area contributed by atoms with Crippen LogP contribution in [0, 0.1) is 5.92 Å². The van der Waals surface area contributed by atoms with E-state index >= 15 is 0 Å². The van der Waals surface area contributed by atoms with Gasteiger partial charge in [-0.2, -0.15) is 0 Å². The predicted octanol–water partition coefficient (Wildman–Crippen LogP) is 2.28. The maximum absolute atomic E-state index is 11.7. The van der Waals surface area contributed by atoms with E-state index in [-0.39, 0.29) is 18.4 Å². The lowest BCUT2D eigenvalue weighted by Gasteiger charge is -2.15. The molecule has 0 aromatic carbocycles. The Bertz CT molecular complexity index is 461. The van der Waals surface area contributed by atoms with Gasteiger partial charge in [-0.15, -0.1) is 0 Å². The molecule has 1 fully saturated rings. The number of thiazole rings is 1. The Hall–Kier alpha value is -1.15. The minimum absolute atomic E-state index is 0.0420. The predicted molar refractivity (Wildman–Crippen MR) is 70.7 cm³/mol. The number of nitrogens with one attached hydrogen (secondary N) is 2. The fraction of sp³-hybridized carbons (Fsp3) is 0.500. The van der Waals surface area contributed by atoms with Crippen LogP contribution in [0.1, 0.15) is 19.3 Å². The van der Waals surface area contributed by atoms with Crippen LogP contribution in [0.4, 0.5) is 9.93 Å². The van der Waals surface area contributed by atoms with Crippen molar-refractivity contribution in [2.45, 2.75) is 25.3 Å². The van der Waals surface area contributed by atoms with Crippen molar-refractivity contribution in [1.29, 1.82) is 0 Å². The number of aliphatic carboxylic acids is 1. The van der Waals surface area contributed by atoms with Crippen molar-refractivity contribution in [3.05, 3.63) is 9.98 Å². The number of urea groups is 1. The third kappa shape index (κ3) is 3.95. The fourth-order valence-corrected chi connectivity index (χ4v) is 2.74. The molecule has 3 N–H and O–H groups in total. The van der Waals surface area contributed by atoms with Crippen LogP contribution >= 0.6 is 27.3 Å². The maximum Gasteiger partial charge on any atom is 0.321 e. The third-order valence-corrected chi connectivity index (χ3v) is 3.99. The number of anilines is 1. The second kappa shape index (κ2) is 5.66. The Morgan fingerprint density at radius 2 is 2.33 bits per heavy atom. The SMILES string of the molecule is O=C(O)CC(NC(=O)Nc1ncc(Br)s1)C1CC1. The number of nitrogens with zero attached hydrogens (tertiary/aromatic N) is 1. The number of carboxylic acid groups (broad SMARTS) is 1. The molecule has 0 saturated heterocycles. The molecule has 1 aliphatic rings. The summed E-state index contributed by atoms with van der Waals surface area (Å²) in [6, 6.07) is -0.707. The van der Waals surface area contributed by atoms with Gasteiger partial charge in [0, 0.05) is 6.04 Å². The first-order valence-corrected chi connectivity index (χ1v) is 7.06. The molecule has 18 heavy (non-hydrogen) atoms. The van der Waals surface area contributed by atoms with Gasteiger partial charge in [0.05, 0.1) is 16.4 Å². The summed E-state index contributed by atoms with van der Waals surface area (Å²) in [7, 11) is 0. The van der Waals surface area contributed by atoms with Crippen LogP contribution in [0.25, 0.3) is 0 Å². The van der Waals surface area contributed by atoms with Crippen molar-refractivity contribution in [1.82, 2.24) is 10.3 Å². The summed E-state index contributed by atoms with van der Waals surface area (Å²) < 4.78 is 0.821. The zero-order valence-corrected chi connectivity index (χ0v) is 11.8. The second-order valence-corrected chi connectivity index (χ2v) is 6.52. The lowest BCUT2D eigenvalue weighted by atomic mass is 10.1. The Kier molecular flexibility index (Phi) is 4.18. The fourth-order valence-electron chi connectivity index (χ4n) is 1.64. The summed E-state index contributed by atoms with van der Waals surface area (Å²) in [5, 5.41) is 14.5. The van der Waals surface area contributed by atoms with Gasteiger partial charge < -0.3 is 10.4 Å². The van der Waals surface area contributed by atoms with E-state index in [2.05, 4.69) is 31.5 Å². The first-order chi connectivity index (χ1) is 8.54. The van der Waals surface area contributed by atoms with Crippen molar-refractivity contribution < 1.29 is 14.7 Å². The summed E-state index contributed by atoms with van der Waals surface area (Å²) in [5.41, 5.74) is 0. The molecule has 0 bridgehead atoms. The summed E-state index contributed by atoms with van der Waals surface area (Å²) in [5.74, 6) is -0.612. The molecule has 1 aliphatic carbocycles. The molecule has 2 rings (SSSR count). The average Bonchev–Trinajstić information content (AvgIpc) is 3.02. The van der Waals surface area contributed by atoms with E-state index in [9.17, 15) is 9.59 Å². The Morgan fingerprint density at radius 3 is 2.83 bits per heavy atom. The lowest BCUT2D eigenvalue weighted by Crippen LogP contribution is -2.40. The number of halogens is 1. The van der Waals surface area contributed by atoms with Crippen LogP contribution in [0.3, 0.4) is 0 Å². The third-order valence-electron chi connectivity index (χ3n) is 2.60. The van der Waals surface area contributed by atoms with Crippen LogP contribution in [-0.2, 0) is 4.79 Å². The molecule has 2 amide bonds. The molecular weight excluding hydrogens is 322 g/mol. The quantitative estimate of drug-likeness (QED) is 0.770. The lowest BCUT2D eigenvalue weighted by molar-refractivity contribution is -0.137. The smallest absolute Gasteiger partial charge is 0.321 e. The van der Waals surface area contributed by atoms with Gasteiger partial charge in [0.15, 0.2) is 5.13 Å². The molecule has 1 unspecified atom stereocenters. The van der Waals surface area contributed by atoms with E-state index in [1.54, 1.807) is 6.20 Å². The molecule has 98 valence electrons. The van der Waals surface area contributed by atoms with Crippen LogP contribution in [-0.4, -0.2) is 28.1 Å². The highest BCUT2D eigenvalue weighted by atomic mass is 79.9. The number of carboxylic acids is 1. The van der Waals surface area contributed by atoms with Crippen LogP contribution < -0.4 is 10.6 Å². The minimum Gasteiger partial charge on any atom is -0.481 e. The number of rotatable bonds is 5. The molecule has 1 heterocycles. The first kappa shape index (κ1) is 13.3. The number of carbonyl (C=O) groups is 2. The van der Waals surface area contributed by atoms with Gasteiger partial charge in [0.25, 0.3) is 0 Å². The number of amides is 2. The van der Waals surface area contributed by atoms with Gasteiger partial charge >= 0.3 is 12.0 Å². The molecule has 0 radical (unpaired) electrons. The number of hydrogen-bond donors (Lipinski definition) is 3. The van der Waals surface area contributed by atoms with Crippen LogP contribution in [0.5, 0.6) is 0 Å². The first-order valence-electron chi connectivity index (χ1n) is 5.45. The van der Waals surface area contributed by atoms with Crippen molar-refractivity contribution in [3.63, 3.8) is 0 Å². The standard InChI is InChI=1S/C10H12BrN3O3S/c11-7-4-12-10(18-7)14-9(17)13-6(3-8(15)16)5-1-2-5/h4-6H,1-3H2,(H,15,16)(H2,12,13,14,17). The van der Waals surface area contributed by atoms with Crippen molar-refractivity contribution in [2.24, 2.45) is 5.92 Å². The largest absolute Gasteiger partial charge is 0.481 e. The van der Waals surface area contributed by atoms with E-state index in [0.717, 1.165) is 16.6 Å². The highest BCUT2D eigenvalue weighted by molar-refractivity contribution is 9.11. The Balaban J connectivity index is 1.86.